The molecule has 2 nitrogen and oxygen atoms in total. The Labute approximate surface area is 102 Å². The lowest BCUT2D eigenvalue weighted by Gasteiger charge is -2.08. The Kier molecular flexibility index (Phi) is 5.30. The van der Waals surface area contributed by atoms with Crippen molar-refractivity contribution >= 4 is 11.8 Å². The third-order valence-corrected chi connectivity index (χ3v) is 2.67. The fraction of sp³-hybridized carbons (Fsp3) is 0.455. The van der Waals surface area contributed by atoms with Crippen molar-refractivity contribution in [3.05, 3.63) is 29.8 Å². The summed E-state index contributed by atoms with van der Waals surface area (Å²) in [5.74, 6) is 0. The third kappa shape index (κ3) is 6.55. The normalized spacial score (nSPS) is 13.7. The van der Waals surface area contributed by atoms with Gasteiger partial charge in [0.15, 0.2) is 0 Å². The average molecular weight is 265 g/mol. The standard InChI is InChI=1S/C11H14F3NOS/c1-8(16)6-15-7-9-2-4-10(5-3-9)17-11(12,13)14/h2-5,8,15-16H,6-7H2,1H3. The van der Waals surface area contributed by atoms with Crippen LogP contribution in [0.15, 0.2) is 29.2 Å². The Morgan fingerprint density at radius 2 is 1.88 bits per heavy atom. The zero-order valence-corrected chi connectivity index (χ0v) is 10.1. The number of benzene rings is 1. The summed E-state index contributed by atoms with van der Waals surface area (Å²) in [4.78, 5) is 0.178. The molecule has 0 aromatic heterocycles. The summed E-state index contributed by atoms with van der Waals surface area (Å²) in [6.45, 7) is 2.65. The molecule has 17 heavy (non-hydrogen) atoms. The van der Waals surface area contributed by atoms with Crippen molar-refractivity contribution in [3.8, 4) is 0 Å². The van der Waals surface area contributed by atoms with Crippen LogP contribution in [0.5, 0.6) is 0 Å². The molecule has 1 aromatic rings. The highest BCUT2D eigenvalue weighted by atomic mass is 32.2. The average Bonchev–Trinajstić information content (AvgIpc) is 2.18. The van der Waals surface area contributed by atoms with Gasteiger partial charge in [-0.1, -0.05) is 12.1 Å². The Balaban J connectivity index is 2.45. The lowest BCUT2D eigenvalue weighted by Crippen LogP contribution is -2.23. The second-order valence-corrected chi connectivity index (χ2v) is 4.81. The molecule has 0 saturated carbocycles. The van der Waals surface area contributed by atoms with E-state index in [1.165, 1.54) is 12.1 Å². The fourth-order valence-electron chi connectivity index (χ4n) is 1.23. The third-order valence-electron chi connectivity index (χ3n) is 1.93. The maximum absolute atomic E-state index is 12.1. The Hall–Kier alpha value is -0.720. The van der Waals surface area contributed by atoms with Gasteiger partial charge in [-0.05, 0) is 36.4 Å². The molecule has 1 rings (SSSR count). The smallest absolute Gasteiger partial charge is 0.392 e. The number of hydrogen-bond donors (Lipinski definition) is 2. The highest BCUT2D eigenvalue weighted by molar-refractivity contribution is 8.00. The molecule has 6 heteroatoms. The number of halogens is 3. The van der Waals surface area contributed by atoms with Crippen LogP contribution < -0.4 is 5.32 Å². The van der Waals surface area contributed by atoms with Gasteiger partial charge in [-0.2, -0.15) is 13.2 Å². The van der Waals surface area contributed by atoms with Gasteiger partial charge in [0.05, 0.1) is 6.10 Å². The SMILES string of the molecule is CC(O)CNCc1ccc(SC(F)(F)F)cc1. The van der Waals surface area contributed by atoms with Gasteiger partial charge in [-0.3, -0.25) is 0 Å². The topological polar surface area (TPSA) is 32.3 Å². The zero-order chi connectivity index (χ0) is 12.9. The van der Waals surface area contributed by atoms with Crippen LogP contribution in [0.3, 0.4) is 0 Å². The van der Waals surface area contributed by atoms with Gasteiger partial charge >= 0.3 is 5.51 Å². The van der Waals surface area contributed by atoms with E-state index >= 15 is 0 Å². The van der Waals surface area contributed by atoms with E-state index in [1.54, 1.807) is 19.1 Å². The van der Waals surface area contributed by atoms with E-state index in [-0.39, 0.29) is 16.7 Å². The number of aliphatic hydroxyl groups is 1. The molecule has 0 amide bonds. The number of thioether (sulfide) groups is 1. The molecule has 0 fully saturated rings. The molecular weight excluding hydrogens is 251 g/mol. The predicted octanol–water partition coefficient (Wildman–Crippen LogP) is 2.77. The summed E-state index contributed by atoms with van der Waals surface area (Å²) in [7, 11) is 0. The van der Waals surface area contributed by atoms with Gasteiger partial charge < -0.3 is 10.4 Å². The largest absolute Gasteiger partial charge is 0.446 e. The molecule has 0 aliphatic carbocycles. The van der Waals surface area contributed by atoms with Crippen LogP contribution in [-0.2, 0) is 6.54 Å². The first-order valence-electron chi connectivity index (χ1n) is 5.10. The Morgan fingerprint density at radius 3 is 2.35 bits per heavy atom. The van der Waals surface area contributed by atoms with E-state index < -0.39 is 11.6 Å². The van der Waals surface area contributed by atoms with Gasteiger partial charge in [0.25, 0.3) is 0 Å². The van der Waals surface area contributed by atoms with E-state index in [0.717, 1.165) is 5.56 Å². The number of hydrogen-bond acceptors (Lipinski definition) is 3. The van der Waals surface area contributed by atoms with Crippen LogP contribution in [0.2, 0.25) is 0 Å². The second kappa shape index (κ2) is 6.28. The van der Waals surface area contributed by atoms with Crippen molar-refractivity contribution in [2.75, 3.05) is 6.54 Å². The molecule has 1 aromatic carbocycles. The number of rotatable bonds is 5. The van der Waals surface area contributed by atoms with E-state index in [2.05, 4.69) is 5.32 Å². The molecule has 0 aliphatic rings. The quantitative estimate of drug-likeness (QED) is 0.803. The summed E-state index contributed by atoms with van der Waals surface area (Å²) < 4.78 is 36.2. The van der Waals surface area contributed by atoms with E-state index in [9.17, 15) is 13.2 Å². The van der Waals surface area contributed by atoms with Gasteiger partial charge in [-0.15, -0.1) is 0 Å². The van der Waals surface area contributed by atoms with Crippen molar-refractivity contribution in [3.63, 3.8) is 0 Å². The first-order chi connectivity index (χ1) is 7.87. The fourth-order valence-corrected chi connectivity index (χ4v) is 1.77. The summed E-state index contributed by atoms with van der Waals surface area (Å²) in [5.41, 5.74) is -3.36. The number of alkyl halides is 3. The molecule has 0 spiro atoms. The highest BCUT2D eigenvalue weighted by Crippen LogP contribution is 2.36. The minimum absolute atomic E-state index is 0.122. The molecule has 96 valence electrons. The molecule has 0 radical (unpaired) electrons. The molecule has 2 N–H and O–H groups in total. The zero-order valence-electron chi connectivity index (χ0n) is 9.29. The second-order valence-electron chi connectivity index (χ2n) is 3.67. The molecular formula is C11H14F3NOS. The lowest BCUT2D eigenvalue weighted by molar-refractivity contribution is -0.0328. The number of aliphatic hydroxyl groups excluding tert-OH is 1. The highest BCUT2D eigenvalue weighted by Gasteiger charge is 2.28. The molecule has 0 aliphatic heterocycles. The van der Waals surface area contributed by atoms with Crippen molar-refractivity contribution < 1.29 is 18.3 Å². The Bertz CT molecular complexity index is 338. The van der Waals surface area contributed by atoms with E-state index in [0.29, 0.717) is 13.1 Å². The first kappa shape index (κ1) is 14.3. The molecule has 1 unspecified atom stereocenters. The summed E-state index contributed by atoms with van der Waals surface area (Å²) in [6.07, 6.45) is -0.435. The minimum atomic E-state index is -4.24. The predicted molar refractivity (Wildman–Crippen MR) is 61.7 cm³/mol. The van der Waals surface area contributed by atoms with Gasteiger partial charge in [0.1, 0.15) is 0 Å². The van der Waals surface area contributed by atoms with Crippen LogP contribution in [0.1, 0.15) is 12.5 Å². The van der Waals surface area contributed by atoms with E-state index in [4.69, 9.17) is 5.11 Å². The van der Waals surface area contributed by atoms with Crippen molar-refractivity contribution in [1.82, 2.24) is 5.32 Å². The van der Waals surface area contributed by atoms with Crippen molar-refractivity contribution in [2.24, 2.45) is 0 Å². The van der Waals surface area contributed by atoms with Crippen molar-refractivity contribution in [2.45, 2.75) is 30.0 Å². The number of nitrogens with one attached hydrogen (secondary N) is 1. The maximum Gasteiger partial charge on any atom is 0.446 e. The maximum atomic E-state index is 12.1. The van der Waals surface area contributed by atoms with Crippen LogP contribution in [0, 0.1) is 0 Å². The summed E-state index contributed by atoms with van der Waals surface area (Å²) in [5, 5.41) is 12.0. The molecule has 0 saturated heterocycles. The van der Waals surface area contributed by atoms with Gasteiger partial charge in [0, 0.05) is 18.0 Å². The van der Waals surface area contributed by atoms with Crippen molar-refractivity contribution in [1.29, 1.82) is 0 Å². The summed E-state index contributed by atoms with van der Waals surface area (Å²) in [6, 6.07) is 6.17. The monoisotopic (exact) mass is 265 g/mol. The molecule has 0 bridgehead atoms. The minimum Gasteiger partial charge on any atom is -0.392 e. The lowest BCUT2D eigenvalue weighted by atomic mass is 10.2. The van der Waals surface area contributed by atoms with Crippen LogP contribution >= 0.6 is 11.8 Å². The van der Waals surface area contributed by atoms with Crippen LogP contribution in [0.25, 0.3) is 0 Å². The van der Waals surface area contributed by atoms with E-state index in [1.807, 2.05) is 0 Å². The Morgan fingerprint density at radius 1 is 1.29 bits per heavy atom. The summed E-state index contributed by atoms with van der Waals surface area (Å²) >= 11 is -0.122. The van der Waals surface area contributed by atoms with Crippen LogP contribution in [0.4, 0.5) is 13.2 Å². The van der Waals surface area contributed by atoms with Gasteiger partial charge in [-0.25, -0.2) is 0 Å². The van der Waals surface area contributed by atoms with Gasteiger partial charge in [0.2, 0.25) is 0 Å². The van der Waals surface area contributed by atoms with Crippen LogP contribution in [-0.4, -0.2) is 23.3 Å². The molecule has 0 heterocycles. The molecule has 1 atom stereocenters. The first-order valence-corrected chi connectivity index (χ1v) is 5.92.